The summed E-state index contributed by atoms with van der Waals surface area (Å²) < 4.78 is 18.6. The normalized spacial score (nSPS) is 11.0. The summed E-state index contributed by atoms with van der Waals surface area (Å²) in [6.45, 7) is 4.59. The van der Waals surface area contributed by atoms with Crippen LogP contribution >= 0.6 is 11.3 Å². The average molecular weight is 393 g/mol. The second kappa shape index (κ2) is 7.56. The van der Waals surface area contributed by atoms with Gasteiger partial charge in [-0.05, 0) is 49.2 Å². The highest BCUT2D eigenvalue weighted by Crippen LogP contribution is 2.40. The van der Waals surface area contributed by atoms with Gasteiger partial charge in [0.05, 0.1) is 12.5 Å². The van der Waals surface area contributed by atoms with E-state index in [9.17, 15) is 4.39 Å². The number of nitrogens with one attached hydrogen (secondary N) is 1. The molecule has 0 aliphatic carbocycles. The molecular formula is C22H20FN3OS. The van der Waals surface area contributed by atoms with Crippen molar-refractivity contribution in [3.05, 3.63) is 70.6 Å². The van der Waals surface area contributed by atoms with Crippen LogP contribution in [0.1, 0.15) is 16.3 Å². The number of rotatable bonds is 5. The standard InChI is InChI=1S/C22H20FN3OS/c1-13-19(16-6-8-17(23)9-7-16)20-21(25-14(2)26-22(20)28-13)24-12-15-4-10-18(27-3)11-5-15/h4-11H,12H2,1-3H3,(H,24,25,26). The van der Waals surface area contributed by atoms with Crippen LogP contribution in [0.2, 0.25) is 0 Å². The van der Waals surface area contributed by atoms with Crippen molar-refractivity contribution >= 4 is 27.4 Å². The van der Waals surface area contributed by atoms with E-state index in [1.54, 1.807) is 30.6 Å². The van der Waals surface area contributed by atoms with E-state index in [2.05, 4.69) is 22.2 Å². The van der Waals surface area contributed by atoms with Crippen molar-refractivity contribution < 1.29 is 9.13 Å². The van der Waals surface area contributed by atoms with Crippen molar-refractivity contribution in [1.29, 1.82) is 0 Å². The third-order valence-corrected chi connectivity index (χ3v) is 5.59. The number of methoxy groups -OCH3 is 1. The maximum Gasteiger partial charge on any atom is 0.139 e. The number of aryl methyl sites for hydroxylation is 2. The molecule has 28 heavy (non-hydrogen) atoms. The van der Waals surface area contributed by atoms with Gasteiger partial charge in [0.15, 0.2) is 0 Å². The zero-order valence-corrected chi connectivity index (χ0v) is 16.7. The molecular weight excluding hydrogens is 373 g/mol. The smallest absolute Gasteiger partial charge is 0.139 e. The van der Waals surface area contributed by atoms with Gasteiger partial charge in [0.25, 0.3) is 0 Å². The molecule has 0 aliphatic heterocycles. The van der Waals surface area contributed by atoms with Crippen molar-refractivity contribution in [2.75, 3.05) is 12.4 Å². The number of halogens is 1. The molecule has 0 unspecified atom stereocenters. The van der Waals surface area contributed by atoms with Crippen LogP contribution in [0, 0.1) is 19.7 Å². The molecule has 142 valence electrons. The second-order valence-corrected chi connectivity index (χ2v) is 7.74. The van der Waals surface area contributed by atoms with Crippen molar-refractivity contribution in [3.63, 3.8) is 0 Å². The molecule has 0 fully saturated rings. The maximum atomic E-state index is 13.4. The minimum Gasteiger partial charge on any atom is -0.497 e. The highest BCUT2D eigenvalue weighted by molar-refractivity contribution is 7.19. The van der Waals surface area contributed by atoms with E-state index >= 15 is 0 Å². The Bertz CT molecular complexity index is 1120. The zero-order chi connectivity index (χ0) is 19.7. The van der Waals surface area contributed by atoms with E-state index in [0.717, 1.165) is 49.2 Å². The van der Waals surface area contributed by atoms with Crippen LogP contribution in [0.15, 0.2) is 48.5 Å². The molecule has 0 aliphatic rings. The number of anilines is 1. The molecule has 0 spiro atoms. The average Bonchev–Trinajstić information content (AvgIpc) is 3.02. The van der Waals surface area contributed by atoms with Gasteiger partial charge in [-0.1, -0.05) is 24.3 Å². The van der Waals surface area contributed by atoms with Crippen LogP contribution in [0.5, 0.6) is 5.75 Å². The van der Waals surface area contributed by atoms with Gasteiger partial charge in [0.1, 0.15) is 28.0 Å². The molecule has 4 rings (SSSR count). The Balaban J connectivity index is 1.75. The fourth-order valence-electron chi connectivity index (χ4n) is 3.24. The molecule has 0 saturated carbocycles. The predicted octanol–water partition coefficient (Wildman–Crippen LogP) is 5.73. The van der Waals surface area contributed by atoms with Crippen molar-refractivity contribution in [3.8, 4) is 16.9 Å². The van der Waals surface area contributed by atoms with E-state index in [-0.39, 0.29) is 5.82 Å². The fourth-order valence-corrected chi connectivity index (χ4v) is 4.33. The monoisotopic (exact) mass is 393 g/mol. The lowest BCUT2D eigenvalue weighted by molar-refractivity contribution is 0.414. The third kappa shape index (κ3) is 3.55. The first kappa shape index (κ1) is 18.4. The van der Waals surface area contributed by atoms with Gasteiger partial charge in [-0.15, -0.1) is 11.3 Å². The highest BCUT2D eigenvalue weighted by Gasteiger charge is 2.17. The molecule has 0 amide bonds. The summed E-state index contributed by atoms with van der Waals surface area (Å²) in [4.78, 5) is 11.3. The van der Waals surface area contributed by atoms with Crippen molar-refractivity contribution in [2.45, 2.75) is 20.4 Å². The number of benzene rings is 2. The molecule has 2 heterocycles. The van der Waals surface area contributed by atoms with Crippen molar-refractivity contribution in [1.82, 2.24) is 9.97 Å². The number of fused-ring (bicyclic) bond motifs is 1. The summed E-state index contributed by atoms with van der Waals surface area (Å²) in [5.74, 6) is 2.10. The lowest BCUT2D eigenvalue weighted by Crippen LogP contribution is -2.04. The largest absolute Gasteiger partial charge is 0.497 e. The SMILES string of the molecule is COc1ccc(CNc2nc(C)nc3sc(C)c(-c4ccc(F)cc4)c23)cc1. The van der Waals surface area contributed by atoms with Crippen LogP contribution in [0.3, 0.4) is 0 Å². The number of nitrogens with zero attached hydrogens (tertiary/aromatic N) is 2. The van der Waals surface area contributed by atoms with Crippen molar-refractivity contribution in [2.24, 2.45) is 0 Å². The van der Waals surface area contributed by atoms with Gasteiger partial charge in [-0.2, -0.15) is 0 Å². The minimum absolute atomic E-state index is 0.245. The van der Waals surface area contributed by atoms with Gasteiger partial charge < -0.3 is 10.1 Å². The van der Waals surface area contributed by atoms with Crippen LogP contribution < -0.4 is 10.1 Å². The third-order valence-electron chi connectivity index (χ3n) is 4.59. The zero-order valence-electron chi connectivity index (χ0n) is 15.9. The summed E-state index contributed by atoms with van der Waals surface area (Å²) >= 11 is 1.63. The van der Waals surface area contributed by atoms with Crippen LogP contribution in [-0.2, 0) is 6.54 Å². The topological polar surface area (TPSA) is 47.0 Å². The van der Waals surface area contributed by atoms with Gasteiger partial charge in [0, 0.05) is 17.0 Å². The number of hydrogen-bond donors (Lipinski definition) is 1. The summed E-state index contributed by atoms with van der Waals surface area (Å²) in [7, 11) is 1.66. The van der Waals surface area contributed by atoms with E-state index < -0.39 is 0 Å². The molecule has 0 saturated heterocycles. The first-order valence-corrected chi connectivity index (χ1v) is 9.77. The highest BCUT2D eigenvalue weighted by atomic mass is 32.1. The van der Waals surface area contributed by atoms with Crippen LogP contribution in [0.25, 0.3) is 21.3 Å². The Morgan fingerprint density at radius 2 is 1.71 bits per heavy atom. The van der Waals surface area contributed by atoms with Gasteiger partial charge >= 0.3 is 0 Å². The van der Waals surface area contributed by atoms with Crippen LogP contribution in [0.4, 0.5) is 10.2 Å². The summed E-state index contributed by atoms with van der Waals surface area (Å²) in [5.41, 5.74) is 3.14. The Kier molecular flexibility index (Phi) is 4.96. The molecule has 1 N–H and O–H groups in total. The molecule has 4 aromatic rings. The van der Waals surface area contributed by atoms with E-state index in [4.69, 9.17) is 4.74 Å². The fraction of sp³-hybridized carbons (Fsp3) is 0.182. The first-order valence-electron chi connectivity index (χ1n) is 8.95. The van der Waals surface area contributed by atoms with E-state index in [1.165, 1.54) is 12.1 Å². The molecule has 2 aromatic carbocycles. The summed E-state index contributed by atoms with van der Waals surface area (Å²) in [6.07, 6.45) is 0. The molecule has 2 aromatic heterocycles. The molecule has 0 bridgehead atoms. The molecule has 6 heteroatoms. The molecule has 0 atom stereocenters. The Morgan fingerprint density at radius 1 is 1.00 bits per heavy atom. The quantitative estimate of drug-likeness (QED) is 0.470. The Labute approximate surface area is 167 Å². The summed E-state index contributed by atoms with van der Waals surface area (Å²) in [5, 5.41) is 4.44. The Hall–Kier alpha value is -2.99. The number of hydrogen-bond acceptors (Lipinski definition) is 5. The number of thiophene rings is 1. The second-order valence-electron chi connectivity index (χ2n) is 6.54. The summed E-state index contributed by atoms with van der Waals surface area (Å²) in [6, 6.07) is 14.5. The van der Waals surface area contributed by atoms with Gasteiger partial charge in [0.2, 0.25) is 0 Å². The minimum atomic E-state index is -0.245. The van der Waals surface area contributed by atoms with Gasteiger partial charge in [-0.3, -0.25) is 0 Å². The van der Waals surface area contributed by atoms with E-state index in [0.29, 0.717) is 6.54 Å². The molecule has 0 radical (unpaired) electrons. The van der Waals surface area contributed by atoms with Crippen LogP contribution in [-0.4, -0.2) is 17.1 Å². The number of ether oxygens (including phenoxy) is 1. The Morgan fingerprint density at radius 3 is 2.39 bits per heavy atom. The maximum absolute atomic E-state index is 13.4. The van der Waals surface area contributed by atoms with E-state index in [1.807, 2.05) is 31.2 Å². The number of aromatic nitrogens is 2. The predicted molar refractivity (Wildman–Crippen MR) is 113 cm³/mol. The lowest BCUT2D eigenvalue weighted by Gasteiger charge is -2.11. The first-order chi connectivity index (χ1) is 13.5. The van der Waals surface area contributed by atoms with Gasteiger partial charge in [-0.25, -0.2) is 14.4 Å². The lowest BCUT2D eigenvalue weighted by atomic mass is 10.0. The molecule has 4 nitrogen and oxygen atoms in total.